The minimum atomic E-state index is -0.430. The van der Waals surface area contributed by atoms with E-state index in [1.54, 1.807) is 36.5 Å². The summed E-state index contributed by atoms with van der Waals surface area (Å²) < 4.78 is 12.4. The van der Waals surface area contributed by atoms with Crippen LogP contribution >= 0.6 is 11.3 Å². The van der Waals surface area contributed by atoms with Crippen LogP contribution in [-0.2, 0) is 4.79 Å². The van der Waals surface area contributed by atoms with E-state index in [0.29, 0.717) is 32.2 Å². The Balaban J connectivity index is 1.85. The molecule has 0 aliphatic heterocycles. The van der Waals surface area contributed by atoms with Crippen molar-refractivity contribution in [2.24, 2.45) is 0 Å². The van der Waals surface area contributed by atoms with Crippen molar-refractivity contribution in [3.05, 3.63) is 57.0 Å². The molecular formula is C18H13N3O4S. The molecule has 1 aromatic carbocycles. The summed E-state index contributed by atoms with van der Waals surface area (Å²) >= 11 is 1.29. The largest absolute Gasteiger partial charge is 0.493 e. The summed E-state index contributed by atoms with van der Waals surface area (Å²) in [5.41, 5.74) is 1.81. The van der Waals surface area contributed by atoms with E-state index < -0.39 is 5.97 Å². The zero-order valence-electron chi connectivity index (χ0n) is 13.9. The summed E-state index contributed by atoms with van der Waals surface area (Å²) in [4.78, 5) is 33.1. The zero-order chi connectivity index (χ0) is 18.3. The first-order valence-electron chi connectivity index (χ1n) is 7.71. The molecule has 8 heteroatoms. The highest BCUT2D eigenvalue weighted by molar-refractivity contribution is 7.15. The summed E-state index contributed by atoms with van der Waals surface area (Å²) in [6, 6.07) is 8.69. The van der Waals surface area contributed by atoms with Crippen LogP contribution in [0.3, 0.4) is 0 Å². The van der Waals surface area contributed by atoms with Crippen molar-refractivity contribution in [3.63, 3.8) is 0 Å². The van der Waals surface area contributed by atoms with Crippen LogP contribution in [0, 0.1) is 0 Å². The monoisotopic (exact) mass is 367 g/mol. The fraction of sp³-hybridized carbons (Fsp3) is 0.111. The van der Waals surface area contributed by atoms with Crippen LogP contribution in [0.15, 0.2) is 41.3 Å². The molecule has 4 rings (SSSR count). The maximum Gasteiger partial charge on any atom is 0.308 e. The average Bonchev–Trinajstić information content (AvgIpc) is 3.12. The van der Waals surface area contributed by atoms with Gasteiger partial charge in [-0.25, -0.2) is 14.4 Å². The smallest absolute Gasteiger partial charge is 0.308 e. The number of thiazole rings is 1. The summed E-state index contributed by atoms with van der Waals surface area (Å²) in [7, 11) is 1.49. The lowest BCUT2D eigenvalue weighted by molar-refractivity contribution is -0.132. The predicted octanol–water partition coefficient (Wildman–Crippen LogP) is 1.79. The first kappa shape index (κ1) is 16.2. The van der Waals surface area contributed by atoms with E-state index in [1.165, 1.54) is 29.8 Å². The van der Waals surface area contributed by atoms with Crippen molar-refractivity contribution in [2.75, 3.05) is 7.11 Å². The molecule has 3 heterocycles. The van der Waals surface area contributed by atoms with Crippen LogP contribution in [0.2, 0.25) is 0 Å². The van der Waals surface area contributed by atoms with Crippen LogP contribution in [-0.4, -0.2) is 27.4 Å². The van der Waals surface area contributed by atoms with Crippen LogP contribution in [0.25, 0.3) is 22.2 Å². The first-order valence-corrected chi connectivity index (χ1v) is 8.52. The number of aromatic nitrogens is 3. The molecule has 4 aromatic rings. The van der Waals surface area contributed by atoms with Crippen molar-refractivity contribution in [3.8, 4) is 11.5 Å². The summed E-state index contributed by atoms with van der Waals surface area (Å²) in [5, 5.41) is 0. The molecule has 0 radical (unpaired) electrons. The van der Waals surface area contributed by atoms with E-state index in [-0.39, 0.29) is 5.56 Å². The molecule has 0 amide bonds. The molecule has 0 unspecified atom stereocenters. The normalized spacial score (nSPS) is 12.0. The van der Waals surface area contributed by atoms with Crippen molar-refractivity contribution >= 4 is 39.5 Å². The number of hydrogen-bond donors (Lipinski definition) is 0. The van der Waals surface area contributed by atoms with Gasteiger partial charge < -0.3 is 9.47 Å². The SMILES string of the molecule is COc1cc(C=c2sc3nc4cccnc4n3c2=O)ccc1OC(C)=O. The third-order valence-corrected chi connectivity index (χ3v) is 4.71. The van der Waals surface area contributed by atoms with Crippen molar-refractivity contribution in [1.82, 2.24) is 14.4 Å². The lowest BCUT2D eigenvalue weighted by atomic mass is 10.2. The third kappa shape index (κ3) is 2.70. The molecule has 0 spiro atoms. The number of ether oxygens (including phenoxy) is 2. The molecule has 0 saturated carbocycles. The fourth-order valence-electron chi connectivity index (χ4n) is 2.65. The van der Waals surface area contributed by atoms with Crippen LogP contribution in [0.4, 0.5) is 0 Å². The van der Waals surface area contributed by atoms with Gasteiger partial charge in [0.05, 0.1) is 11.6 Å². The maximum absolute atomic E-state index is 12.7. The Kier molecular flexibility index (Phi) is 3.89. The van der Waals surface area contributed by atoms with Crippen molar-refractivity contribution < 1.29 is 14.3 Å². The third-order valence-electron chi connectivity index (χ3n) is 3.74. The van der Waals surface area contributed by atoms with Gasteiger partial charge in [0.2, 0.25) is 0 Å². The molecule has 0 atom stereocenters. The molecule has 7 nitrogen and oxygen atoms in total. The number of esters is 1. The Hall–Kier alpha value is -3.26. The second-order valence-electron chi connectivity index (χ2n) is 5.50. The average molecular weight is 367 g/mol. The van der Waals surface area contributed by atoms with Gasteiger partial charge in [0.1, 0.15) is 5.52 Å². The van der Waals surface area contributed by atoms with Gasteiger partial charge in [0.25, 0.3) is 5.56 Å². The summed E-state index contributed by atoms with van der Waals surface area (Å²) in [6.45, 7) is 1.32. The van der Waals surface area contributed by atoms with E-state index in [4.69, 9.17) is 9.47 Å². The van der Waals surface area contributed by atoms with E-state index in [9.17, 15) is 9.59 Å². The number of fused-ring (bicyclic) bond motifs is 3. The quantitative estimate of drug-likeness (QED) is 0.406. The Morgan fingerprint density at radius 1 is 1.27 bits per heavy atom. The molecule has 0 N–H and O–H groups in total. The number of benzene rings is 1. The van der Waals surface area contributed by atoms with Crippen molar-refractivity contribution in [1.29, 1.82) is 0 Å². The highest BCUT2D eigenvalue weighted by Gasteiger charge is 2.12. The molecule has 26 heavy (non-hydrogen) atoms. The number of nitrogens with zero attached hydrogens (tertiary/aromatic N) is 3. The second-order valence-corrected chi connectivity index (χ2v) is 6.50. The lowest BCUT2D eigenvalue weighted by Crippen LogP contribution is -2.22. The number of rotatable bonds is 3. The van der Waals surface area contributed by atoms with Gasteiger partial charge in [-0.3, -0.25) is 9.59 Å². The van der Waals surface area contributed by atoms with Gasteiger partial charge in [0, 0.05) is 13.1 Å². The Morgan fingerprint density at radius 3 is 2.88 bits per heavy atom. The highest BCUT2D eigenvalue weighted by atomic mass is 32.1. The van der Waals surface area contributed by atoms with E-state index >= 15 is 0 Å². The van der Waals surface area contributed by atoms with E-state index in [2.05, 4.69) is 9.97 Å². The number of imidazole rings is 1. The Morgan fingerprint density at radius 2 is 2.12 bits per heavy atom. The molecule has 0 aliphatic rings. The predicted molar refractivity (Wildman–Crippen MR) is 97.7 cm³/mol. The second kappa shape index (κ2) is 6.23. The van der Waals surface area contributed by atoms with Gasteiger partial charge in [-0.1, -0.05) is 17.4 Å². The summed E-state index contributed by atoms with van der Waals surface area (Å²) in [5.74, 6) is 0.311. The zero-order valence-corrected chi connectivity index (χ0v) is 14.7. The molecule has 0 bridgehead atoms. The molecule has 0 fully saturated rings. The molecule has 3 aromatic heterocycles. The lowest BCUT2D eigenvalue weighted by Gasteiger charge is -2.08. The van der Waals surface area contributed by atoms with Crippen LogP contribution < -0.4 is 19.6 Å². The molecule has 0 aliphatic carbocycles. The molecule has 130 valence electrons. The number of pyridine rings is 1. The van der Waals surface area contributed by atoms with Gasteiger partial charge >= 0.3 is 5.97 Å². The Bertz CT molecular complexity index is 1260. The number of hydrogen-bond acceptors (Lipinski definition) is 7. The topological polar surface area (TPSA) is 82.8 Å². The highest BCUT2D eigenvalue weighted by Crippen LogP contribution is 2.28. The fourth-order valence-corrected chi connectivity index (χ4v) is 3.63. The van der Waals surface area contributed by atoms with Crippen molar-refractivity contribution in [2.45, 2.75) is 6.92 Å². The van der Waals surface area contributed by atoms with Crippen LogP contribution in [0.1, 0.15) is 12.5 Å². The number of methoxy groups -OCH3 is 1. The minimum Gasteiger partial charge on any atom is -0.493 e. The van der Waals surface area contributed by atoms with Gasteiger partial charge in [-0.05, 0) is 35.9 Å². The Labute approximate surface area is 151 Å². The maximum atomic E-state index is 12.7. The number of carbonyl (C=O) groups excluding carboxylic acids is 1. The van der Waals surface area contributed by atoms with Gasteiger partial charge in [-0.2, -0.15) is 0 Å². The standard InChI is InChI=1S/C18H13N3O4S/c1-10(22)25-13-6-5-11(8-14(13)24-2)9-15-17(23)21-16-12(4-3-7-19-16)20-18(21)26-15/h3-9H,1-2H3. The molecule has 0 saturated heterocycles. The van der Waals surface area contributed by atoms with E-state index in [1.807, 2.05) is 6.07 Å². The van der Waals surface area contributed by atoms with Gasteiger partial charge in [-0.15, -0.1) is 0 Å². The summed E-state index contributed by atoms with van der Waals surface area (Å²) in [6.07, 6.45) is 3.38. The minimum absolute atomic E-state index is 0.172. The van der Waals surface area contributed by atoms with Gasteiger partial charge in [0.15, 0.2) is 22.1 Å². The number of carbonyl (C=O) groups is 1. The van der Waals surface area contributed by atoms with E-state index in [0.717, 1.165) is 5.56 Å². The first-order chi connectivity index (χ1) is 12.6. The molecular weight excluding hydrogens is 354 g/mol. The van der Waals surface area contributed by atoms with Crippen LogP contribution in [0.5, 0.6) is 11.5 Å².